The molecule has 3 rings (SSSR count). The molecule has 0 amide bonds. The summed E-state index contributed by atoms with van der Waals surface area (Å²) in [5.41, 5.74) is 7.98. The van der Waals surface area contributed by atoms with E-state index in [0.717, 1.165) is 0 Å². The first-order valence-corrected chi connectivity index (χ1v) is 11.3. The van der Waals surface area contributed by atoms with Crippen molar-refractivity contribution in [2.45, 2.75) is 48.5 Å². The smallest absolute Gasteiger partial charge is 0.218 e. The van der Waals surface area contributed by atoms with Crippen LogP contribution in [0.15, 0.2) is 72.8 Å². The van der Waals surface area contributed by atoms with Crippen molar-refractivity contribution in [3.8, 4) is 0 Å². The van der Waals surface area contributed by atoms with Gasteiger partial charge >= 0.3 is 0 Å². The lowest BCUT2D eigenvalue weighted by molar-refractivity contribution is -0.109. The Bertz CT molecular complexity index is 638. The van der Waals surface area contributed by atoms with Gasteiger partial charge in [0.25, 0.3) is 0 Å². The highest BCUT2D eigenvalue weighted by molar-refractivity contribution is 6.62. The minimum absolute atomic E-state index is 0.194. The van der Waals surface area contributed by atoms with Gasteiger partial charge in [-0.2, -0.15) is 0 Å². The maximum atomic E-state index is 9.21. The number of carbonyl (C=O) groups is 1. The molecule has 0 saturated heterocycles. The van der Waals surface area contributed by atoms with E-state index < -0.39 is 0 Å². The van der Waals surface area contributed by atoms with Crippen LogP contribution >= 0.6 is 34.8 Å². The fourth-order valence-electron chi connectivity index (χ4n) is 1.91. The third-order valence-corrected chi connectivity index (χ3v) is 3.65. The summed E-state index contributed by atoms with van der Waals surface area (Å²) in [7, 11) is 0. The summed E-state index contributed by atoms with van der Waals surface area (Å²) in [5, 5.41) is -0.167. The molecule has 0 heterocycles. The van der Waals surface area contributed by atoms with Gasteiger partial charge in [0.15, 0.2) is 0 Å². The van der Waals surface area contributed by atoms with Gasteiger partial charge in [-0.05, 0) is 53.1 Å². The predicted octanol–water partition coefficient (Wildman–Crippen LogP) is 9.10. The Hall–Kier alpha value is -1.80. The molecule has 170 valence electrons. The third kappa shape index (κ3) is 24.3. The maximum Gasteiger partial charge on any atom is 0.218 e. The predicted molar refractivity (Wildman–Crippen MR) is 141 cm³/mol. The summed E-state index contributed by atoms with van der Waals surface area (Å²) in [6.45, 7) is 13.9. The Balaban J connectivity index is 0. The Morgan fingerprint density at radius 2 is 0.581 bits per heavy atom. The van der Waals surface area contributed by atoms with Crippen LogP contribution in [0.25, 0.3) is 0 Å². The van der Waals surface area contributed by atoms with Crippen molar-refractivity contribution in [2.75, 3.05) is 5.34 Å². The molecule has 3 aromatic rings. The van der Waals surface area contributed by atoms with Gasteiger partial charge in [0.05, 0.1) is 5.34 Å². The molecule has 0 N–H and O–H groups in total. The number of rotatable bonds is 0. The van der Waals surface area contributed by atoms with Crippen molar-refractivity contribution < 1.29 is 4.79 Å². The largest absolute Gasteiger partial charge is 0.282 e. The Kier molecular flexibility index (Phi) is 20.4. The minimum atomic E-state index is -0.361. The van der Waals surface area contributed by atoms with Gasteiger partial charge < -0.3 is 0 Å². The van der Waals surface area contributed by atoms with E-state index in [-0.39, 0.29) is 10.6 Å². The monoisotopic (exact) mass is 480 g/mol. The van der Waals surface area contributed by atoms with Crippen molar-refractivity contribution in [3.63, 3.8) is 0 Å². The molecule has 31 heavy (non-hydrogen) atoms. The zero-order valence-electron chi connectivity index (χ0n) is 19.7. The molecule has 0 spiro atoms. The van der Waals surface area contributed by atoms with Crippen LogP contribution < -0.4 is 0 Å². The van der Waals surface area contributed by atoms with Crippen LogP contribution in [0.4, 0.5) is 0 Å². The van der Waals surface area contributed by atoms with Crippen LogP contribution in [0.3, 0.4) is 0 Å². The third-order valence-electron chi connectivity index (χ3n) is 3.65. The minimum Gasteiger partial charge on any atom is -0.282 e. The summed E-state index contributed by atoms with van der Waals surface area (Å²) in [4.78, 5) is 9.21. The molecule has 1 nitrogen and oxygen atoms in total. The van der Waals surface area contributed by atoms with Crippen LogP contribution in [-0.2, 0) is 4.79 Å². The number of alkyl halides is 2. The molecular weight excluding hydrogens is 447 g/mol. The number of hydrogen-bond acceptors (Lipinski definition) is 1. The van der Waals surface area contributed by atoms with Crippen LogP contribution in [0.2, 0.25) is 0 Å². The van der Waals surface area contributed by atoms with Gasteiger partial charge in [-0.3, -0.25) is 4.79 Å². The molecule has 0 aliphatic carbocycles. The maximum absolute atomic E-state index is 9.21. The molecule has 0 aliphatic rings. The second-order valence-corrected chi connectivity index (χ2v) is 8.38. The SMILES string of the molecule is CC(=O)Cl.Cc1ccc(C)cc1.Cc1ccc(C)cc1.Cc1ccc(C)cc1.ClCCl. The van der Waals surface area contributed by atoms with E-state index in [1.807, 2.05) is 0 Å². The van der Waals surface area contributed by atoms with Crippen LogP contribution in [0.5, 0.6) is 0 Å². The fraction of sp³-hybridized carbons (Fsp3) is 0.296. The van der Waals surface area contributed by atoms with Crippen molar-refractivity contribution in [1.82, 2.24) is 0 Å². The molecule has 0 saturated carbocycles. The molecule has 0 aliphatic heterocycles. The molecule has 0 atom stereocenters. The summed E-state index contributed by atoms with van der Waals surface area (Å²) < 4.78 is 0. The first kappa shape index (κ1) is 31.4. The average Bonchev–Trinajstić information content (AvgIpc) is 2.70. The normalized spacial score (nSPS) is 8.58. The molecule has 0 fully saturated rings. The van der Waals surface area contributed by atoms with Crippen LogP contribution in [0, 0.1) is 41.5 Å². The van der Waals surface area contributed by atoms with Crippen molar-refractivity contribution in [1.29, 1.82) is 0 Å². The highest BCUT2D eigenvalue weighted by atomic mass is 35.5. The van der Waals surface area contributed by atoms with Gasteiger partial charge in [-0.25, -0.2) is 0 Å². The average molecular weight is 482 g/mol. The molecule has 0 bridgehead atoms. The van der Waals surface area contributed by atoms with E-state index >= 15 is 0 Å². The van der Waals surface area contributed by atoms with Crippen molar-refractivity contribution in [3.05, 3.63) is 106 Å². The standard InChI is InChI=1S/3C8H10.C2H3ClO.CH2Cl2/c3*1-7-3-5-8(2)6-4-7;1-2(3)4;2-1-3/h3*3-6H,1-2H3;1H3;1H2. The molecule has 3 aromatic carbocycles. The topological polar surface area (TPSA) is 17.1 Å². The Morgan fingerprint density at radius 3 is 0.645 bits per heavy atom. The first-order valence-electron chi connectivity index (χ1n) is 9.89. The van der Waals surface area contributed by atoms with Crippen molar-refractivity contribution in [2.24, 2.45) is 0 Å². The quantitative estimate of drug-likeness (QED) is 0.231. The lowest BCUT2D eigenvalue weighted by Crippen LogP contribution is -1.70. The van der Waals surface area contributed by atoms with E-state index in [2.05, 4.69) is 126 Å². The summed E-state index contributed by atoms with van der Waals surface area (Å²) in [6.07, 6.45) is 0. The van der Waals surface area contributed by atoms with E-state index in [4.69, 9.17) is 23.2 Å². The van der Waals surface area contributed by atoms with Gasteiger partial charge in [0.1, 0.15) is 0 Å². The van der Waals surface area contributed by atoms with Gasteiger partial charge in [0, 0.05) is 6.92 Å². The second kappa shape index (κ2) is 20.1. The molecule has 0 aromatic heterocycles. The van der Waals surface area contributed by atoms with Crippen molar-refractivity contribution >= 4 is 40.0 Å². The summed E-state index contributed by atoms with van der Waals surface area (Å²) in [5.74, 6) is 0. The van der Waals surface area contributed by atoms with E-state index in [1.165, 1.54) is 40.3 Å². The Morgan fingerprint density at radius 1 is 0.516 bits per heavy atom. The number of aryl methyl sites for hydroxylation is 6. The molecule has 0 radical (unpaired) electrons. The van der Waals surface area contributed by atoms with E-state index in [1.54, 1.807) is 0 Å². The number of hydrogen-bond donors (Lipinski definition) is 0. The number of benzene rings is 3. The first-order chi connectivity index (χ1) is 14.5. The fourth-order valence-corrected chi connectivity index (χ4v) is 1.91. The Labute approximate surface area is 204 Å². The van der Waals surface area contributed by atoms with E-state index in [0.29, 0.717) is 0 Å². The van der Waals surface area contributed by atoms with Gasteiger partial charge in [-0.1, -0.05) is 106 Å². The lowest BCUT2D eigenvalue weighted by atomic mass is 10.2. The highest BCUT2D eigenvalue weighted by Crippen LogP contribution is 2.00. The molecule has 4 heteroatoms. The number of halogens is 3. The zero-order chi connectivity index (χ0) is 24.2. The molecule has 0 unspecified atom stereocenters. The second-order valence-electron chi connectivity index (χ2n) is 7.04. The lowest BCUT2D eigenvalue weighted by Gasteiger charge is -1.90. The van der Waals surface area contributed by atoms with E-state index in [9.17, 15) is 4.79 Å². The van der Waals surface area contributed by atoms with Crippen LogP contribution in [-0.4, -0.2) is 10.6 Å². The summed E-state index contributed by atoms with van der Waals surface area (Å²) in [6, 6.07) is 25.4. The van der Waals surface area contributed by atoms with Crippen LogP contribution in [0.1, 0.15) is 40.3 Å². The highest BCUT2D eigenvalue weighted by Gasteiger charge is 1.81. The zero-order valence-corrected chi connectivity index (χ0v) is 21.9. The number of carbonyl (C=O) groups excluding carboxylic acids is 1. The van der Waals surface area contributed by atoms with Gasteiger partial charge in [0.2, 0.25) is 5.24 Å². The van der Waals surface area contributed by atoms with Gasteiger partial charge in [-0.15, -0.1) is 23.2 Å². The summed E-state index contributed by atoms with van der Waals surface area (Å²) >= 11 is 14.2. The molecular formula is C27H35Cl3O.